The lowest BCUT2D eigenvalue weighted by atomic mass is 10.1. The molecule has 2 nitrogen and oxygen atoms in total. The average Bonchev–Trinajstić information content (AvgIpc) is 2.59. The lowest BCUT2D eigenvalue weighted by Gasteiger charge is -2.00. The van der Waals surface area contributed by atoms with Crippen molar-refractivity contribution in [3.05, 3.63) is 30.0 Å². The highest BCUT2D eigenvalue weighted by Gasteiger charge is 2.00. The molecular weight excluding hydrogens is 160 g/mol. The van der Waals surface area contributed by atoms with Gasteiger partial charge in [0.05, 0.1) is 11.7 Å². The van der Waals surface area contributed by atoms with E-state index in [1.807, 2.05) is 10.9 Å². The molecule has 0 aliphatic rings. The lowest BCUT2D eigenvalue weighted by molar-refractivity contribution is 0.683. The van der Waals surface area contributed by atoms with Crippen molar-refractivity contribution in [3.8, 4) is 0 Å². The zero-order valence-electron chi connectivity index (χ0n) is 8.12. The summed E-state index contributed by atoms with van der Waals surface area (Å²) in [5, 5.41) is 5.54. The van der Waals surface area contributed by atoms with Crippen molar-refractivity contribution in [2.24, 2.45) is 0 Å². The van der Waals surface area contributed by atoms with Gasteiger partial charge in [0, 0.05) is 11.9 Å². The topological polar surface area (TPSA) is 17.8 Å². The Hall–Kier alpha value is -1.31. The predicted octanol–water partition coefficient (Wildman–Crippen LogP) is 2.62. The van der Waals surface area contributed by atoms with Gasteiger partial charge < -0.3 is 0 Å². The van der Waals surface area contributed by atoms with Crippen molar-refractivity contribution >= 4 is 10.9 Å². The molecule has 0 bridgehead atoms. The van der Waals surface area contributed by atoms with Crippen LogP contribution in [0.1, 0.15) is 19.4 Å². The van der Waals surface area contributed by atoms with Crippen molar-refractivity contribution < 1.29 is 0 Å². The van der Waals surface area contributed by atoms with Gasteiger partial charge in [0.2, 0.25) is 0 Å². The first kappa shape index (κ1) is 8.30. The molecule has 1 heterocycles. The van der Waals surface area contributed by atoms with Crippen LogP contribution in [0, 0.1) is 0 Å². The van der Waals surface area contributed by atoms with E-state index in [0.717, 1.165) is 13.0 Å². The third-order valence-corrected chi connectivity index (χ3v) is 2.42. The molecule has 13 heavy (non-hydrogen) atoms. The number of fused-ring (bicyclic) bond motifs is 1. The van der Waals surface area contributed by atoms with Gasteiger partial charge in [-0.25, -0.2) is 0 Å². The van der Waals surface area contributed by atoms with Crippen LogP contribution in [-0.2, 0) is 13.0 Å². The number of nitrogens with zero attached hydrogens (tertiary/aromatic N) is 2. The molecule has 2 heteroatoms. The van der Waals surface area contributed by atoms with E-state index < -0.39 is 0 Å². The molecule has 0 aliphatic heterocycles. The Bertz CT molecular complexity index is 415. The van der Waals surface area contributed by atoms with E-state index in [9.17, 15) is 0 Å². The molecule has 0 amide bonds. The van der Waals surface area contributed by atoms with Crippen molar-refractivity contribution in [1.82, 2.24) is 9.78 Å². The second kappa shape index (κ2) is 3.21. The maximum absolute atomic E-state index is 4.31. The average molecular weight is 174 g/mol. The second-order valence-electron chi connectivity index (χ2n) is 3.21. The third kappa shape index (κ3) is 1.32. The minimum atomic E-state index is 0.941. The number of aromatic nitrogens is 2. The number of benzene rings is 1. The van der Waals surface area contributed by atoms with Crippen LogP contribution in [0.25, 0.3) is 10.9 Å². The molecule has 0 spiro atoms. The first-order valence-electron chi connectivity index (χ1n) is 4.79. The summed E-state index contributed by atoms with van der Waals surface area (Å²) in [6.07, 6.45) is 3.02. The SMILES string of the molecule is CCc1ccc2cnn(CC)c2c1. The van der Waals surface area contributed by atoms with Crippen molar-refractivity contribution in [1.29, 1.82) is 0 Å². The van der Waals surface area contributed by atoms with Crippen LogP contribution in [0.15, 0.2) is 24.4 Å². The Kier molecular flexibility index (Phi) is 2.05. The van der Waals surface area contributed by atoms with Gasteiger partial charge in [-0.05, 0) is 25.0 Å². The maximum atomic E-state index is 4.31. The summed E-state index contributed by atoms with van der Waals surface area (Å²) in [5.41, 5.74) is 2.63. The van der Waals surface area contributed by atoms with E-state index in [1.54, 1.807) is 0 Å². The molecule has 0 atom stereocenters. The van der Waals surface area contributed by atoms with Crippen LogP contribution >= 0.6 is 0 Å². The first-order valence-corrected chi connectivity index (χ1v) is 4.79. The maximum Gasteiger partial charge on any atom is 0.0684 e. The third-order valence-electron chi connectivity index (χ3n) is 2.42. The Balaban J connectivity index is 2.64. The summed E-state index contributed by atoms with van der Waals surface area (Å²) in [5.74, 6) is 0. The highest BCUT2D eigenvalue weighted by Crippen LogP contribution is 2.15. The van der Waals surface area contributed by atoms with Gasteiger partial charge in [0.25, 0.3) is 0 Å². The fourth-order valence-corrected chi connectivity index (χ4v) is 1.59. The summed E-state index contributed by atoms with van der Waals surface area (Å²) >= 11 is 0. The predicted molar refractivity (Wildman–Crippen MR) is 54.8 cm³/mol. The fraction of sp³-hybridized carbons (Fsp3) is 0.364. The number of hydrogen-bond acceptors (Lipinski definition) is 1. The monoisotopic (exact) mass is 174 g/mol. The fourth-order valence-electron chi connectivity index (χ4n) is 1.59. The molecule has 0 saturated carbocycles. The van der Waals surface area contributed by atoms with Gasteiger partial charge in [-0.1, -0.05) is 19.1 Å². The number of rotatable bonds is 2. The minimum Gasteiger partial charge on any atom is -0.265 e. The quantitative estimate of drug-likeness (QED) is 0.684. The van der Waals surface area contributed by atoms with E-state index in [0.29, 0.717) is 0 Å². The second-order valence-corrected chi connectivity index (χ2v) is 3.21. The van der Waals surface area contributed by atoms with Gasteiger partial charge in [-0.2, -0.15) is 5.10 Å². The normalized spacial score (nSPS) is 10.9. The van der Waals surface area contributed by atoms with Gasteiger partial charge in [0.1, 0.15) is 0 Å². The molecule has 1 aromatic carbocycles. The zero-order valence-corrected chi connectivity index (χ0v) is 8.12. The van der Waals surface area contributed by atoms with Crippen LogP contribution < -0.4 is 0 Å². The summed E-state index contributed by atoms with van der Waals surface area (Å²) in [7, 11) is 0. The Morgan fingerprint density at radius 2 is 2.15 bits per heavy atom. The van der Waals surface area contributed by atoms with Gasteiger partial charge in [-0.15, -0.1) is 0 Å². The summed E-state index contributed by atoms with van der Waals surface area (Å²) in [6.45, 7) is 5.23. The van der Waals surface area contributed by atoms with Crippen LogP contribution in [0.5, 0.6) is 0 Å². The Morgan fingerprint density at radius 3 is 2.85 bits per heavy atom. The lowest BCUT2D eigenvalue weighted by Crippen LogP contribution is -1.95. The van der Waals surface area contributed by atoms with Crippen molar-refractivity contribution in [2.45, 2.75) is 26.8 Å². The molecule has 68 valence electrons. The van der Waals surface area contributed by atoms with E-state index >= 15 is 0 Å². The van der Waals surface area contributed by atoms with Gasteiger partial charge in [0.15, 0.2) is 0 Å². The largest absolute Gasteiger partial charge is 0.265 e. The molecule has 0 saturated heterocycles. The van der Waals surface area contributed by atoms with E-state index in [-0.39, 0.29) is 0 Å². The molecule has 0 fully saturated rings. The van der Waals surface area contributed by atoms with E-state index in [4.69, 9.17) is 0 Å². The number of hydrogen-bond donors (Lipinski definition) is 0. The molecular formula is C11H14N2. The van der Waals surface area contributed by atoms with Crippen LogP contribution in [0.4, 0.5) is 0 Å². The minimum absolute atomic E-state index is 0.941. The highest BCUT2D eigenvalue weighted by molar-refractivity contribution is 5.79. The molecule has 0 radical (unpaired) electrons. The Morgan fingerprint density at radius 1 is 1.31 bits per heavy atom. The van der Waals surface area contributed by atoms with Crippen molar-refractivity contribution in [2.75, 3.05) is 0 Å². The van der Waals surface area contributed by atoms with Crippen LogP contribution in [0.2, 0.25) is 0 Å². The van der Waals surface area contributed by atoms with Crippen molar-refractivity contribution in [3.63, 3.8) is 0 Å². The molecule has 1 aromatic heterocycles. The standard InChI is InChI=1S/C11H14N2/c1-3-9-5-6-10-8-12-13(4-2)11(10)7-9/h5-8H,3-4H2,1-2H3. The molecule has 0 aliphatic carbocycles. The first-order chi connectivity index (χ1) is 6.35. The smallest absolute Gasteiger partial charge is 0.0684 e. The Labute approximate surface area is 78.2 Å². The summed E-state index contributed by atoms with van der Waals surface area (Å²) < 4.78 is 2.04. The zero-order chi connectivity index (χ0) is 9.26. The molecule has 2 aromatic rings. The summed E-state index contributed by atoms with van der Waals surface area (Å²) in [4.78, 5) is 0. The van der Waals surface area contributed by atoms with E-state index in [2.05, 4.69) is 37.1 Å². The molecule has 0 unspecified atom stereocenters. The van der Waals surface area contributed by atoms with E-state index in [1.165, 1.54) is 16.5 Å². The highest BCUT2D eigenvalue weighted by atomic mass is 15.3. The van der Waals surface area contributed by atoms with Gasteiger partial charge >= 0.3 is 0 Å². The van der Waals surface area contributed by atoms with Crippen LogP contribution in [0.3, 0.4) is 0 Å². The molecule has 0 N–H and O–H groups in total. The molecule has 2 rings (SSSR count). The van der Waals surface area contributed by atoms with Crippen LogP contribution in [-0.4, -0.2) is 9.78 Å². The van der Waals surface area contributed by atoms with Gasteiger partial charge in [-0.3, -0.25) is 4.68 Å². The number of aryl methyl sites for hydroxylation is 2. The summed E-state index contributed by atoms with van der Waals surface area (Å²) in [6, 6.07) is 6.54.